The Hall–Kier alpha value is -3.41. The van der Waals surface area contributed by atoms with E-state index in [1.165, 1.54) is 6.20 Å². The van der Waals surface area contributed by atoms with Gasteiger partial charge in [-0.3, -0.25) is 4.79 Å². The van der Waals surface area contributed by atoms with Crippen LogP contribution in [0.25, 0.3) is 0 Å². The van der Waals surface area contributed by atoms with Crippen molar-refractivity contribution in [2.45, 2.75) is 26.2 Å². The summed E-state index contributed by atoms with van der Waals surface area (Å²) in [4.78, 5) is 36.5. The number of hydrogen-bond acceptors (Lipinski definition) is 6. The molecule has 28 heavy (non-hydrogen) atoms. The summed E-state index contributed by atoms with van der Waals surface area (Å²) in [7, 11) is 0. The van der Waals surface area contributed by atoms with Gasteiger partial charge in [-0.2, -0.15) is 0 Å². The molecule has 0 spiro atoms. The lowest BCUT2D eigenvalue weighted by Gasteiger charge is -2.16. The van der Waals surface area contributed by atoms with Gasteiger partial charge in [0.2, 0.25) is 5.78 Å². The Kier molecular flexibility index (Phi) is 6.22. The lowest BCUT2D eigenvalue weighted by Crippen LogP contribution is -2.25. The molecule has 0 radical (unpaired) electrons. The fraction of sp³-hybridized carbons (Fsp3) is 0.227. The number of carbonyl (C=O) groups excluding carboxylic acids is 3. The number of fused-ring (bicyclic) bond motifs is 1. The van der Waals surface area contributed by atoms with Crippen LogP contribution in [-0.2, 0) is 9.53 Å². The first-order chi connectivity index (χ1) is 13.6. The predicted molar refractivity (Wildman–Crippen MR) is 104 cm³/mol. The van der Waals surface area contributed by atoms with E-state index in [0.29, 0.717) is 23.4 Å². The first kappa shape index (κ1) is 19.4. The van der Waals surface area contributed by atoms with E-state index < -0.39 is 11.8 Å². The lowest BCUT2D eigenvalue weighted by molar-refractivity contribution is -0.130. The molecule has 0 aromatic heterocycles. The maximum Gasteiger partial charge on any atom is 0.349 e. The van der Waals surface area contributed by atoms with Crippen LogP contribution in [0.5, 0.6) is 5.75 Å². The minimum absolute atomic E-state index is 0.0851. The van der Waals surface area contributed by atoms with Crippen LogP contribution in [0.4, 0.5) is 5.69 Å². The zero-order valence-corrected chi connectivity index (χ0v) is 15.6. The molecule has 0 aliphatic carbocycles. The third kappa shape index (κ3) is 4.46. The smallest absolute Gasteiger partial charge is 0.349 e. The number of nitrogens with one attached hydrogen (secondary N) is 1. The van der Waals surface area contributed by atoms with Crippen LogP contribution in [0.1, 0.15) is 46.9 Å². The molecule has 0 unspecified atom stereocenters. The summed E-state index contributed by atoms with van der Waals surface area (Å²) in [5.41, 5.74) is 1.32. The summed E-state index contributed by atoms with van der Waals surface area (Å²) in [6, 6.07) is 13.2. The Bertz CT molecular complexity index is 915. The molecular formula is C22H21NO5. The van der Waals surface area contributed by atoms with Crippen LogP contribution in [0.2, 0.25) is 0 Å². The maximum atomic E-state index is 12.5. The van der Waals surface area contributed by atoms with Crippen LogP contribution >= 0.6 is 0 Å². The van der Waals surface area contributed by atoms with Crippen LogP contribution < -0.4 is 10.1 Å². The van der Waals surface area contributed by atoms with E-state index in [4.69, 9.17) is 9.47 Å². The second-order valence-electron chi connectivity index (χ2n) is 6.34. The Morgan fingerprint density at radius 1 is 1.07 bits per heavy atom. The fourth-order valence-corrected chi connectivity index (χ4v) is 2.72. The van der Waals surface area contributed by atoms with Crippen LogP contribution in [-0.4, -0.2) is 24.3 Å². The van der Waals surface area contributed by atoms with E-state index in [9.17, 15) is 14.4 Å². The van der Waals surface area contributed by atoms with Crippen molar-refractivity contribution in [2.24, 2.45) is 0 Å². The van der Waals surface area contributed by atoms with Gasteiger partial charge in [-0.05, 0) is 42.8 Å². The molecule has 0 atom stereocenters. The van der Waals surface area contributed by atoms with Crippen molar-refractivity contribution in [2.75, 3.05) is 11.9 Å². The van der Waals surface area contributed by atoms with Crippen molar-refractivity contribution in [1.29, 1.82) is 0 Å². The van der Waals surface area contributed by atoms with Crippen molar-refractivity contribution < 1.29 is 23.9 Å². The number of anilines is 1. The van der Waals surface area contributed by atoms with E-state index in [0.717, 1.165) is 19.3 Å². The van der Waals surface area contributed by atoms with E-state index in [1.807, 2.05) is 0 Å². The van der Waals surface area contributed by atoms with E-state index in [2.05, 4.69) is 12.2 Å². The predicted octanol–water partition coefficient (Wildman–Crippen LogP) is 4.13. The second-order valence-corrected chi connectivity index (χ2v) is 6.34. The number of carbonyl (C=O) groups is 3. The molecule has 3 rings (SSSR count). The number of benzene rings is 2. The standard InChI is InChI=1S/C22H21NO5/c1-2-3-6-13-27-21(25)15-9-11-16(12-10-15)23-14-18-20(24)17-7-4-5-8-19(17)28-22(18)26/h4-5,7-12,14,23H,2-3,6,13H2,1H3. The van der Waals surface area contributed by atoms with Crippen LogP contribution in [0.3, 0.4) is 0 Å². The molecule has 6 heteroatoms. The fourth-order valence-electron chi connectivity index (χ4n) is 2.72. The molecule has 0 saturated heterocycles. The summed E-state index contributed by atoms with van der Waals surface area (Å²) in [6.07, 6.45) is 4.26. The molecule has 0 fully saturated rings. The number of ether oxygens (including phenoxy) is 2. The minimum atomic E-state index is -0.705. The third-order valence-corrected chi connectivity index (χ3v) is 4.28. The topological polar surface area (TPSA) is 81.7 Å². The SMILES string of the molecule is CCCCCOC(=O)c1ccc(NC=C2C(=O)Oc3ccccc3C2=O)cc1. The molecule has 1 aliphatic rings. The highest BCUT2D eigenvalue weighted by Gasteiger charge is 2.30. The molecule has 0 amide bonds. The van der Waals surface area contributed by atoms with Crippen molar-refractivity contribution in [3.05, 3.63) is 71.4 Å². The zero-order chi connectivity index (χ0) is 19.9. The summed E-state index contributed by atoms with van der Waals surface area (Å²) in [5.74, 6) is -1.21. The Morgan fingerprint density at radius 3 is 2.57 bits per heavy atom. The molecule has 144 valence electrons. The first-order valence-electron chi connectivity index (χ1n) is 9.20. The largest absolute Gasteiger partial charge is 0.462 e. The van der Waals surface area contributed by atoms with Gasteiger partial charge in [0.05, 0.1) is 17.7 Å². The molecular weight excluding hydrogens is 358 g/mol. The zero-order valence-electron chi connectivity index (χ0n) is 15.6. The number of esters is 2. The highest BCUT2D eigenvalue weighted by atomic mass is 16.5. The number of unbranched alkanes of at least 4 members (excludes halogenated alkanes) is 2. The van der Waals surface area contributed by atoms with Gasteiger partial charge < -0.3 is 14.8 Å². The van der Waals surface area contributed by atoms with Gasteiger partial charge in [0.25, 0.3) is 0 Å². The molecule has 2 aromatic carbocycles. The van der Waals surface area contributed by atoms with Crippen molar-refractivity contribution in [1.82, 2.24) is 0 Å². The monoisotopic (exact) mass is 379 g/mol. The molecule has 2 aromatic rings. The summed E-state index contributed by atoms with van der Waals surface area (Å²) < 4.78 is 10.4. The molecule has 0 saturated carbocycles. The van der Waals surface area contributed by atoms with Gasteiger partial charge in [-0.15, -0.1) is 0 Å². The van der Waals surface area contributed by atoms with Gasteiger partial charge in [-0.25, -0.2) is 9.59 Å². The molecule has 6 nitrogen and oxygen atoms in total. The number of ketones is 1. The van der Waals surface area contributed by atoms with E-state index in [1.54, 1.807) is 48.5 Å². The number of para-hydroxylation sites is 1. The number of Topliss-reactive ketones (excluding diaryl/α,β-unsaturated/α-hetero) is 1. The number of rotatable bonds is 7. The van der Waals surface area contributed by atoms with Crippen molar-refractivity contribution >= 4 is 23.4 Å². The lowest BCUT2D eigenvalue weighted by atomic mass is 10.0. The molecule has 1 aliphatic heterocycles. The van der Waals surface area contributed by atoms with Gasteiger partial charge in [0.15, 0.2) is 0 Å². The minimum Gasteiger partial charge on any atom is -0.462 e. The molecule has 1 heterocycles. The third-order valence-electron chi connectivity index (χ3n) is 4.28. The quantitative estimate of drug-likeness (QED) is 0.256. The van der Waals surface area contributed by atoms with Gasteiger partial charge in [0, 0.05) is 11.9 Å². The van der Waals surface area contributed by atoms with Gasteiger partial charge in [0.1, 0.15) is 11.3 Å². The maximum absolute atomic E-state index is 12.5. The van der Waals surface area contributed by atoms with Crippen LogP contribution in [0, 0.1) is 0 Å². The average molecular weight is 379 g/mol. The Morgan fingerprint density at radius 2 is 1.82 bits per heavy atom. The average Bonchev–Trinajstić information content (AvgIpc) is 2.71. The normalized spacial score (nSPS) is 14.4. The summed E-state index contributed by atoms with van der Waals surface area (Å²) >= 11 is 0. The molecule has 1 N–H and O–H groups in total. The Labute approximate surface area is 163 Å². The Balaban J connectivity index is 1.64. The van der Waals surface area contributed by atoms with Gasteiger partial charge >= 0.3 is 11.9 Å². The van der Waals surface area contributed by atoms with Crippen molar-refractivity contribution in [3.8, 4) is 5.75 Å². The molecule has 0 bridgehead atoms. The highest BCUT2D eigenvalue weighted by molar-refractivity contribution is 6.27. The summed E-state index contributed by atoms with van der Waals surface area (Å²) in [6.45, 7) is 2.49. The second kappa shape index (κ2) is 8.99. The van der Waals surface area contributed by atoms with E-state index >= 15 is 0 Å². The number of hydrogen-bond donors (Lipinski definition) is 1. The highest BCUT2D eigenvalue weighted by Crippen LogP contribution is 2.27. The van der Waals surface area contributed by atoms with Crippen molar-refractivity contribution in [3.63, 3.8) is 0 Å². The van der Waals surface area contributed by atoms with E-state index in [-0.39, 0.29) is 17.3 Å². The van der Waals surface area contributed by atoms with Crippen LogP contribution in [0.15, 0.2) is 60.3 Å². The summed E-state index contributed by atoms with van der Waals surface area (Å²) in [5, 5.41) is 2.90. The van der Waals surface area contributed by atoms with Gasteiger partial charge in [-0.1, -0.05) is 31.9 Å². The first-order valence-corrected chi connectivity index (χ1v) is 9.20.